The Labute approximate surface area is 150 Å². The number of benzene rings is 1. The molecule has 7 heteroatoms. The second-order valence-corrected chi connectivity index (χ2v) is 6.06. The summed E-state index contributed by atoms with van der Waals surface area (Å²) in [5, 5.41) is 16.0. The lowest BCUT2D eigenvalue weighted by atomic mass is 10.1. The van der Waals surface area contributed by atoms with E-state index in [4.69, 9.17) is 5.11 Å². The Morgan fingerprint density at radius 1 is 1.12 bits per heavy atom. The molecule has 0 aliphatic rings. The SMILES string of the molecule is CC(NC(=O)c1ccnn1C(C)C(=O)O)c1cccc(-n2cccc2)c1. The normalized spacial score (nSPS) is 13.2. The average molecular weight is 352 g/mol. The van der Waals surface area contributed by atoms with Crippen molar-refractivity contribution < 1.29 is 14.7 Å². The van der Waals surface area contributed by atoms with Crippen molar-refractivity contribution in [3.63, 3.8) is 0 Å². The van der Waals surface area contributed by atoms with Crippen LogP contribution < -0.4 is 5.32 Å². The van der Waals surface area contributed by atoms with E-state index in [1.807, 2.05) is 60.3 Å². The summed E-state index contributed by atoms with van der Waals surface area (Å²) in [4.78, 5) is 23.8. The molecular formula is C19H20N4O3. The van der Waals surface area contributed by atoms with Gasteiger partial charge in [-0.15, -0.1) is 0 Å². The van der Waals surface area contributed by atoms with E-state index in [-0.39, 0.29) is 17.6 Å². The molecule has 2 N–H and O–H groups in total. The molecule has 134 valence electrons. The highest BCUT2D eigenvalue weighted by atomic mass is 16.4. The summed E-state index contributed by atoms with van der Waals surface area (Å²) in [7, 11) is 0. The molecule has 0 aliphatic carbocycles. The maximum atomic E-state index is 12.6. The number of carbonyl (C=O) groups is 2. The van der Waals surface area contributed by atoms with E-state index < -0.39 is 12.0 Å². The molecule has 7 nitrogen and oxygen atoms in total. The van der Waals surface area contributed by atoms with Gasteiger partial charge in [0.05, 0.1) is 6.04 Å². The number of rotatable bonds is 6. The number of carbonyl (C=O) groups excluding carboxylic acids is 1. The number of amides is 1. The Morgan fingerprint density at radius 3 is 2.54 bits per heavy atom. The second-order valence-electron chi connectivity index (χ2n) is 6.06. The number of nitrogens with zero attached hydrogens (tertiary/aromatic N) is 3. The van der Waals surface area contributed by atoms with Gasteiger partial charge in [-0.05, 0) is 49.7 Å². The molecule has 0 spiro atoms. The smallest absolute Gasteiger partial charge is 0.328 e. The molecule has 2 heterocycles. The summed E-state index contributed by atoms with van der Waals surface area (Å²) >= 11 is 0. The number of aromatic nitrogens is 3. The van der Waals surface area contributed by atoms with E-state index in [9.17, 15) is 9.59 Å². The molecule has 3 aromatic rings. The number of hydrogen-bond acceptors (Lipinski definition) is 3. The fourth-order valence-corrected chi connectivity index (χ4v) is 2.72. The third-order valence-electron chi connectivity index (χ3n) is 4.25. The maximum absolute atomic E-state index is 12.6. The number of aliphatic carboxylic acids is 1. The van der Waals surface area contributed by atoms with Crippen LogP contribution in [0, 0.1) is 0 Å². The van der Waals surface area contributed by atoms with Crippen LogP contribution in [0.15, 0.2) is 61.1 Å². The molecule has 0 radical (unpaired) electrons. The third-order valence-corrected chi connectivity index (χ3v) is 4.25. The summed E-state index contributed by atoms with van der Waals surface area (Å²) in [6, 6.07) is 12.1. The van der Waals surface area contributed by atoms with Crippen molar-refractivity contribution in [2.45, 2.75) is 25.9 Å². The highest BCUT2D eigenvalue weighted by molar-refractivity contribution is 5.93. The lowest BCUT2D eigenvalue weighted by Gasteiger charge is -2.17. The Bertz CT molecular complexity index is 915. The topological polar surface area (TPSA) is 89.2 Å². The molecule has 2 unspecified atom stereocenters. The molecule has 0 fully saturated rings. The number of nitrogens with one attached hydrogen (secondary N) is 1. The van der Waals surface area contributed by atoms with E-state index in [1.165, 1.54) is 23.9 Å². The highest BCUT2D eigenvalue weighted by Crippen LogP contribution is 2.18. The highest BCUT2D eigenvalue weighted by Gasteiger charge is 2.22. The molecule has 0 aliphatic heterocycles. The first-order valence-corrected chi connectivity index (χ1v) is 8.28. The molecular weight excluding hydrogens is 332 g/mol. The lowest BCUT2D eigenvalue weighted by Crippen LogP contribution is -2.31. The zero-order chi connectivity index (χ0) is 18.7. The van der Waals surface area contributed by atoms with Gasteiger partial charge in [0.1, 0.15) is 11.7 Å². The molecule has 2 atom stereocenters. The van der Waals surface area contributed by atoms with Crippen LogP contribution in [0.2, 0.25) is 0 Å². The molecule has 1 amide bonds. The lowest BCUT2D eigenvalue weighted by molar-refractivity contribution is -0.140. The Morgan fingerprint density at radius 2 is 1.85 bits per heavy atom. The van der Waals surface area contributed by atoms with Crippen LogP contribution in [0.4, 0.5) is 0 Å². The predicted molar refractivity (Wildman–Crippen MR) is 96.2 cm³/mol. The van der Waals surface area contributed by atoms with Crippen LogP contribution in [0.1, 0.15) is 42.0 Å². The van der Waals surface area contributed by atoms with E-state index in [0.717, 1.165) is 11.3 Å². The summed E-state index contributed by atoms with van der Waals surface area (Å²) in [6.07, 6.45) is 5.33. The molecule has 0 saturated heterocycles. The van der Waals surface area contributed by atoms with Gasteiger partial charge in [-0.2, -0.15) is 5.10 Å². The first-order chi connectivity index (χ1) is 12.5. The average Bonchev–Trinajstić information content (AvgIpc) is 3.32. The Hall–Kier alpha value is -3.35. The molecule has 3 rings (SSSR count). The maximum Gasteiger partial charge on any atom is 0.328 e. The molecule has 26 heavy (non-hydrogen) atoms. The largest absolute Gasteiger partial charge is 0.480 e. The minimum absolute atomic E-state index is 0.216. The summed E-state index contributed by atoms with van der Waals surface area (Å²) in [6.45, 7) is 3.37. The summed E-state index contributed by atoms with van der Waals surface area (Å²) in [5.74, 6) is -1.41. The fourth-order valence-electron chi connectivity index (χ4n) is 2.72. The molecule has 0 bridgehead atoms. The van der Waals surface area contributed by atoms with Gasteiger partial charge >= 0.3 is 5.97 Å². The van der Waals surface area contributed by atoms with Crippen LogP contribution in [0.25, 0.3) is 5.69 Å². The van der Waals surface area contributed by atoms with Crippen molar-refractivity contribution >= 4 is 11.9 Å². The monoisotopic (exact) mass is 352 g/mol. The quantitative estimate of drug-likeness (QED) is 0.714. The molecule has 2 aromatic heterocycles. The van der Waals surface area contributed by atoms with E-state index in [2.05, 4.69) is 10.4 Å². The van der Waals surface area contributed by atoms with Crippen LogP contribution in [-0.2, 0) is 4.79 Å². The van der Waals surface area contributed by atoms with Gasteiger partial charge in [0.15, 0.2) is 0 Å². The summed E-state index contributed by atoms with van der Waals surface area (Å²) < 4.78 is 3.20. The van der Waals surface area contributed by atoms with Crippen LogP contribution >= 0.6 is 0 Å². The van der Waals surface area contributed by atoms with Crippen LogP contribution in [-0.4, -0.2) is 31.3 Å². The van der Waals surface area contributed by atoms with Gasteiger partial charge in [-0.1, -0.05) is 12.1 Å². The fraction of sp³-hybridized carbons (Fsp3) is 0.211. The van der Waals surface area contributed by atoms with Gasteiger partial charge in [-0.3, -0.25) is 4.79 Å². The van der Waals surface area contributed by atoms with E-state index >= 15 is 0 Å². The van der Waals surface area contributed by atoms with Crippen molar-refractivity contribution in [3.8, 4) is 5.69 Å². The Balaban J connectivity index is 1.78. The molecule has 0 saturated carbocycles. The Kier molecular flexibility index (Phi) is 4.88. The van der Waals surface area contributed by atoms with Crippen molar-refractivity contribution in [1.29, 1.82) is 0 Å². The van der Waals surface area contributed by atoms with Crippen molar-refractivity contribution in [3.05, 3.63) is 72.3 Å². The van der Waals surface area contributed by atoms with Crippen molar-refractivity contribution in [2.24, 2.45) is 0 Å². The standard InChI is InChI=1S/C19H20N4O3/c1-13(15-6-5-7-16(12-15)22-10-3-4-11-22)21-18(24)17-8-9-20-23(17)14(2)19(25)26/h3-14H,1-2H3,(H,21,24)(H,25,26). The van der Waals surface area contributed by atoms with E-state index in [1.54, 1.807) is 0 Å². The number of carboxylic acid groups (broad SMARTS) is 1. The van der Waals surface area contributed by atoms with Gasteiger partial charge in [-0.25, -0.2) is 9.48 Å². The van der Waals surface area contributed by atoms with Crippen LogP contribution in [0.5, 0.6) is 0 Å². The number of carboxylic acids is 1. The number of hydrogen-bond donors (Lipinski definition) is 2. The summed E-state index contributed by atoms with van der Waals surface area (Å²) in [5.41, 5.74) is 2.16. The van der Waals surface area contributed by atoms with Gasteiger partial charge < -0.3 is 15.0 Å². The first-order valence-electron chi connectivity index (χ1n) is 8.28. The van der Waals surface area contributed by atoms with Gasteiger partial charge in [0.2, 0.25) is 0 Å². The van der Waals surface area contributed by atoms with Gasteiger partial charge in [0.25, 0.3) is 5.91 Å². The predicted octanol–water partition coefficient (Wildman–Crippen LogP) is 2.81. The minimum Gasteiger partial charge on any atom is -0.480 e. The molecule has 1 aromatic carbocycles. The van der Waals surface area contributed by atoms with Crippen LogP contribution in [0.3, 0.4) is 0 Å². The van der Waals surface area contributed by atoms with E-state index in [0.29, 0.717) is 0 Å². The zero-order valence-electron chi connectivity index (χ0n) is 14.5. The third kappa shape index (κ3) is 3.51. The zero-order valence-corrected chi connectivity index (χ0v) is 14.5. The van der Waals surface area contributed by atoms with Crippen molar-refractivity contribution in [1.82, 2.24) is 19.7 Å². The first kappa shape index (κ1) is 17.5. The second kappa shape index (κ2) is 7.26. The van der Waals surface area contributed by atoms with Gasteiger partial charge in [0, 0.05) is 24.3 Å². The van der Waals surface area contributed by atoms with Crippen molar-refractivity contribution in [2.75, 3.05) is 0 Å². The minimum atomic E-state index is -1.05.